The summed E-state index contributed by atoms with van der Waals surface area (Å²) in [6.45, 7) is 7.74. The van der Waals surface area contributed by atoms with E-state index in [9.17, 15) is 32.8 Å². The third-order valence-electron chi connectivity index (χ3n) is 8.18. The molecule has 5 rings (SSSR count). The summed E-state index contributed by atoms with van der Waals surface area (Å²) in [7, 11) is -4.41. The average molecular weight is 681 g/mol. The van der Waals surface area contributed by atoms with Crippen molar-refractivity contribution in [3.63, 3.8) is 0 Å². The maximum Gasteiger partial charge on any atom is 0.282 e. The number of phenolic OH excluding ortho intramolecular Hbond substituents is 1. The van der Waals surface area contributed by atoms with Gasteiger partial charge in [-0.2, -0.15) is 5.26 Å². The number of nitriles is 1. The molecule has 48 heavy (non-hydrogen) atoms. The fourth-order valence-electron chi connectivity index (χ4n) is 6.07. The molecule has 1 aliphatic rings. The van der Waals surface area contributed by atoms with Crippen molar-refractivity contribution in [3.05, 3.63) is 82.2 Å². The summed E-state index contributed by atoms with van der Waals surface area (Å²) in [4.78, 5) is 37.8. The van der Waals surface area contributed by atoms with Gasteiger partial charge in [0.25, 0.3) is 11.5 Å². The Morgan fingerprint density at radius 3 is 2.50 bits per heavy atom. The molecule has 11 nitrogen and oxygen atoms in total. The molecule has 1 atom stereocenters. The molecular weight excluding hydrogens is 649 g/mol. The number of phenols is 1. The number of benzene rings is 1. The standard InChI is InChI=1S/C33H31F3N6O5S/c1-17(2)26-28(18(3)10-12-38-26)42-31-21(15-23(36)27(39-31)25-22(35)7-6-8-24(25)43)29(30(33(42)45)48(5,46)47)40-13-14-41(32(44)19(4)34)20(16-40)9-11-37/h6-8,10,12,15,17,20,43H,4,9,13-14,16H2,1-3,5H3/t20-/m0/s1. The van der Waals surface area contributed by atoms with Crippen molar-refractivity contribution in [2.24, 2.45) is 0 Å². The quantitative estimate of drug-likeness (QED) is 0.275. The number of carbonyl (C=O) groups is 1. The number of hydrogen-bond acceptors (Lipinski definition) is 9. The maximum atomic E-state index is 16.2. The van der Waals surface area contributed by atoms with Gasteiger partial charge in [-0.3, -0.25) is 19.1 Å². The van der Waals surface area contributed by atoms with E-state index in [0.717, 1.165) is 33.9 Å². The number of nitrogens with zero attached hydrogens (tertiary/aromatic N) is 6. The highest BCUT2D eigenvalue weighted by molar-refractivity contribution is 7.90. The summed E-state index contributed by atoms with van der Waals surface area (Å²) in [5.41, 5.74) is -1.74. The second kappa shape index (κ2) is 12.8. The van der Waals surface area contributed by atoms with Gasteiger partial charge in [0.1, 0.15) is 17.3 Å². The Hall–Kier alpha value is -5.23. The van der Waals surface area contributed by atoms with Crippen molar-refractivity contribution < 1.29 is 31.5 Å². The van der Waals surface area contributed by atoms with Crippen molar-refractivity contribution in [3.8, 4) is 28.8 Å². The predicted molar refractivity (Wildman–Crippen MR) is 172 cm³/mol. The number of hydrogen-bond donors (Lipinski definition) is 1. The molecule has 0 aliphatic carbocycles. The van der Waals surface area contributed by atoms with E-state index in [2.05, 4.69) is 16.5 Å². The first-order valence-electron chi connectivity index (χ1n) is 14.8. The number of carbonyl (C=O) groups excluding carboxylic acids is 1. The van der Waals surface area contributed by atoms with Gasteiger partial charge in [-0.25, -0.2) is 26.6 Å². The summed E-state index contributed by atoms with van der Waals surface area (Å²) in [6, 6.07) is 6.82. The number of fused-ring (bicyclic) bond motifs is 1. The summed E-state index contributed by atoms with van der Waals surface area (Å²) < 4.78 is 73.3. The van der Waals surface area contributed by atoms with Gasteiger partial charge < -0.3 is 14.9 Å². The minimum absolute atomic E-state index is 0.150. The van der Waals surface area contributed by atoms with Crippen LogP contribution in [0.5, 0.6) is 5.75 Å². The van der Waals surface area contributed by atoms with Crippen LogP contribution in [0.1, 0.15) is 37.4 Å². The SMILES string of the molecule is C=C(F)C(=O)N1CCN(c2c(S(C)(=O)=O)c(=O)n(-c3c(C)ccnc3C(C)C)c3nc(-c4c(O)cccc4F)c(F)cc23)C[C@@H]1CC#N. The van der Waals surface area contributed by atoms with Crippen LogP contribution in [0.2, 0.25) is 0 Å². The Morgan fingerprint density at radius 1 is 1.19 bits per heavy atom. The van der Waals surface area contributed by atoms with Crippen LogP contribution in [0.25, 0.3) is 28.0 Å². The number of pyridine rings is 3. The number of sulfone groups is 1. The number of rotatable bonds is 7. The summed E-state index contributed by atoms with van der Waals surface area (Å²) in [6.07, 6.45) is 2.05. The lowest BCUT2D eigenvalue weighted by Crippen LogP contribution is -2.55. The second-order valence-electron chi connectivity index (χ2n) is 11.8. The molecule has 15 heteroatoms. The van der Waals surface area contributed by atoms with E-state index in [-0.39, 0.29) is 54.4 Å². The third-order valence-corrected chi connectivity index (χ3v) is 9.29. The van der Waals surface area contributed by atoms with Crippen molar-refractivity contribution in [2.75, 3.05) is 30.8 Å². The molecule has 0 unspecified atom stereocenters. The van der Waals surface area contributed by atoms with E-state index in [1.54, 1.807) is 13.0 Å². The number of halogens is 3. The monoisotopic (exact) mass is 680 g/mol. The molecule has 1 aromatic carbocycles. The summed E-state index contributed by atoms with van der Waals surface area (Å²) in [5.74, 6) is -5.36. The molecule has 4 heterocycles. The topological polar surface area (TPSA) is 149 Å². The highest BCUT2D eigenvalue weighted by Crippen LogP contribution is 2.39. The van der Waals surface area contributed by atoms with Gasteiger partial charge in [0.15, 0.2) is 32.0 Å². The molecule has 0 bridgehead atoms. The van der Waals surface area contributed by atoms with Gasteiger partial charge in [0, 0.05) is 37.5 Å². The van der Waals surface area contributed by atoms with Crippen LogP contribution in [0, 0.1) is 29.9 Å². The van der Waals surface area contributed by atoms with E-state index in [1.807, 2.05) is 19.9 Å². The number of aromatic nitrogens is 3. The first-order valence-corrected chi connectivity index (χ1v) is 16.7. The minimum atomic E-state index is -4.41. The number of piperazine rings is 1. The van der Waals surface area contributed by atoms with E-state index < -0.39 is 66.7 Å². The molecular formula is C33H31F3N6O5S. The average Bonchev–Trinajstić information content (AvgIpc) is 3.00. The second-order valence-corrected chi connectivity index (χ2v) is 13.7. The van der Waals surface area contributed by atoms with Crippen LogP contribution in [0.3, 0.4) is 0 Å². The Labute approximate surface area is 274 Å². The van der Waals surface area contributed by atoms with Crippen molar-refractivity contribution in [2.45, 2.75) is 44.0 Å². The summed E-state index contributed by atoms with van der Waals surface area (Å²) >= 11 is 0. The molecule has 1 saturated heterocycles. The van der Waals surface area contributed by atoms with E-state index in [4.69, 9.17) is 0 Å². The van der Waals surface area contributed by atoms with Crippen LogP contribution in [0.15, 0.2) is 58.6 Å². The maximum absolute atomic E-state index is 16.2. The lowest BCUT2D eigenvalue weighted by atomic mass is 10.0. The zero-order chi connectivity index (χ0) is 35.2. The normalized spacial score (nSPS) is 15.2. The molecule has 1 N–H and O–H groups in total. The molecule has 1 aliphatic heterocycles. The van der Waals surface area contributed by atoms with Gasteiger partial charge in [-0.15, -0.1) is 0 Å². The van der Waals surface area contributed by atoms with Crippen molar-refractivity contribution in [1.29, 1.82) is 5.26 Å². The number of aryl methyl sites for hydroxylation is 1. The predicted octanol–water partition coefficient (Wildman–Crippen LogP) is 4.68. The number of anilines is 1. The van der Waals surface area contributed by atoms with Gasteiger partial charge in [-0.1, -0.05) is 26.5 Å². The highest BCUT2D eigenvalue weighted by atomic mass is 32.2. The number of aromatic hydroxyl groups is 1. The molecule has 0 radical (unpaired) electrons. The largest absolute Gasteiger partial charge is 0.507 e. The van der Waals surface area contributed by atoms with Crippen LogP contribution in [-0.4, -0.2) is 70.8 Å². The minimum Gasteiger partial charge on any atom is -0.507 e. The van der Waals surface area contributed by atoms with Gasteiger partial charge in [0.2, 0.25) is 0 Å². The Morgan fingerprint density at radius 2 is 1.90 bits per heavy atom. The fourth-order valence-corrected chi connectivity index (χ4v) is 7.07. The lowest BCUT2D eigenvalue weighted by molar-refractivity contribution is -0.131. The Bertz CT molecular complexity index is 2190. The Kier molecular flexibility index (Phi) is 9.07. The van der Waals surface area contributed by atoms with Crippen LogP contribution in [0.4, 0.5) is 18.9 Å². The molecule has 4 aromatic rings. The van der Waals surface area contributed by atoms with E-state index in [1.165, 1.54) is 17.2 Å². The zero-order valence-electron chi connectivity index (χ0n) is 26.5. The molecule has 1 amide bonds. The van der Waals surface area contributed by atoms with Gasteiger partial charge >= 0.3 is 0 Å². The van der Waals surface area contributed by atoms with Crippen molar-refractivity contribution >= 4 is 32.5 Å². The summed E-state index contributed by atoms with van der Waals surface area (Å²) in [5, 5.41) is 19.9. The number of amides is 1. The smallest absolute Gasteiger partial charge is 0.282 e. The molecule has 0 spiro atoms. The highest BCUT2D eigenvalue weighted by Gasteiger charge is 2.37. The lowest BCUT2D eigenvalue weighted by Gasteiger charge is -2.42. The third kappa shape index (κ3) is 5.87. The van der Waals surface area contributed by atoms with Crippen LogP contribution in [-0.2, 0) is 14.6 Å². The van der Waals surface area contributed by atoms with Crippen LogP contribution < -0.4 is 10.5 Å². The molecule has 1 fully saturated rings. The Balaban J connectivity index is 1.95. The first kappa shape index (κ1) is 34.1. The molecule has 0 saturated carbocycles. The van der Waals surface area contributed by atoms with E-state index in [0.29, 0.717) is 11.3 Å². The van der Waals surface area contributed by atoms with Gasteiger partial charge in [-0.05, 0) is 42.7 Å². The molecule has 250 valence electrons. The van der Waals surface area contributed by atoms with Crippen LogP contribution >= 0.6 is 0 Å². The molecule has 3 aromatic heterocycles. The van der Waals surface area contributed by atoms with Gasteiger partial charge in [0.05, 0.1) is 41.2 Å². The fraction of sp³-hybridized carbons (Fsp3) is 0.303. The van der Waals surface area contributed by atoms with E-state index >= 15 is 8.78 Å². The zero-order valence-corrected chi connectivity index (χ0v) is 27.3. The van der Waals surface area contributed by atoms with Crippen molar-refractivity contribution in [1.82, 2.24) is 19.4 Å². The first-order chi connectivity index (χ1) is 22.6.